The molecule has 0 aliphatic carbocycles. The third-order valence-electron chi connectivity index (χ3n) is 0.791. The average Bonchev–Trinajstić information content (AvgIpc) is 1.83. The zero-order valence-electron chi connectivity index (χ0n) is 4.87. The van der Waals surface area contributed by atoms with E-state index in [1.54, 1.807) is 0 Å². The molecule has 5 heteroatoms. The molecule has 0 bridgehead atoms. The molecule has 54 valence electrons. The summed E-state index contributed by atoms with van der Waals surface area (Å²) in [6.07, 6.45) is 0.535. The number of rotatable bonds is 3. The first-order valence-corrected chi connectivity index (χ1v) is 3.04. The van der Waals surface area contributed by atoms with Crippen LogP contribution in [0.2, 0.25) is 0 Å². The summed E-state index contributed by atoms with van der Waals surface area (Å²) in [7, 11) is 0. The van der Waals surface area contributed by atoms with Gasteiger partial charge in [-0.15, -0.1) is 12.6 Å². The van der Waals surface area contributed by atoms with E-state index >= 15 is 0 Å². The number of carbonyl (C=O) groups excluding carboxylic acids is 1. The lowest BCUT2D eigenvalue weighted by atomic mass is 10.3. The Bertz CT molecular complexity index is 96.6. The molecule has 0 aliphatic heterocycles. The number of thiol groups is 1. The second kappa shape index (κ2) is 4.60. The maximum absolute atomic E-state index is 10.3. The van der Waals surface area contributed by atoms with Crippen LogP contribution in [0.1, 0.15) is 12.8 Å². The van der Waals surface area contributed by atoms with Gasteiger partial charge in [-0.05, 0) is 6.42 Å². The second-order valence-corrected chi connectivity index (χ2v) is 2.18. The average molecular weight is 150 g/mol. The van der Waals surface area contributed by atoms with Crippen molar-refractivity contribution in [3.8, 4) is 0 Å². The number of nitrogens with two attached hydrogens (primary N) is 1. The molecular weight excluding hydrogens is 140 g/mol. The van der Waals surface area contributed by atoms with Gasteiger partial charge >= 0.3 is 0 Å². The van der Waals surface area contributed by atoms with E-state index in [1.165, 1.54) is 0 Å². The van der Waals surface area contributed by atoms with Gasteiger partial charge in [-0.25, -0.2) is 5.84 Å². The maximum atomic E-state index is 10.3. The van der Waals surface area contributed by atoms with Gasteiger partial charge in [0.2, 0.25) is 5.91 Å². The summed E-state index contributed by atoms with van der Waals surface area (Å²) in [5.41, 5.74) is 1.20. The maximum Gasteiger partial charge on any atom is 0.234 e. The molecule has 0 saturated carbocycles. The zero-order chi connectivity index (χ0) is 7.28. The minimum atomic E-state index is -0.734. The number of hydrogen-bond acceptors (Lipinski definition) is 4. The third-order valence-corrected chi connectivity index (χ3v) is 1.05. The van der Waals surface area contributed by atoms with Crippen LogP contribution in [0, 0.1) is 0 Å². The van der Waals surface area contributed by atoms with Gasteiger partial charge in [-0.2, -0.15) is 0 Å². The summed E-state index contributed by atoms with van der Waals surface area (Å²) in [4.78, 5) is 10.3. The summed E-state index contributed by atoms with van der Waals surface area (Å²) in [6, 6.07) is 0. The molecular formula is C4H10N2O2S. The lowest BCUT2D eigenvalue weighted by molar-refractivity contribution is -0.121. The predicted molar refractivity (Wildman–Crippen MR) is 36.6 cm³/mol. The number of nitrogens with one attached hydrogen (secondary N) is 1. The van der Waals surface area contributed by atoms with Crippen molar-refractivity contribution >= 4 is 18.5 Å². The molecule has 1 unspecified atom stereocenters. The fourth-order valence-electron chi connectivity index (χ4n) is 0.332. The topological polar surface area (TPSA) is 75.3 Å². The van der Waals surface area contributed by atoms with E-state index in [0.29, 0.717) is 6.42 Å². The van der Waals surface area contributed by atoms with Gasteiger partial charge in [0, 0.05) is 6.42 Å². The zero-order valence-corrected chi connectivity index (χ0v) is 5.77. The Morgan fingerprint density at radius 2 is 2.44 bits per heavy atom. The van der Waals surface area contributed by atoms with Crippen LogP contribution in [-0.2, 0) is 4.79 Å². The van der Waals surface area contributed by atoms with E-state index in [-0.39, 0.29) is 12.3 Å². The highest BCUT2D eigenvalue weighted by molar-refractivity contribution is 7.80. The lowest BCUT2D eigenvalue weighted by Gasteiger charge is -2.00. The largest absolute Gasteiger partial charge is 0.383 e. The van der Waals surface area contributed by atoms with Crippen LogP contribution < -0.4 is 11.3 Å². The monoisotopic (exact) mass is 150 g/mol. The van der Waals surface area contributed by atoms with Crippen LogP contribution in [0.15, 0.2) is 0 Å². The smallest absolute Gasteiger partial charge is 0.234 e. The van der Waals surface area contributed by atoms with Crippen molar-refractivity contribution in [3.63, 3.8) is 0 Å². The van der Waals surface area contributed by atoms with E-state index in [0.717, 1.165) is 0 Å². The molecule has 0 aromatic carbocycles. The summed E-state index contributed by atoms with van der Waals surface area (Å²) in [5.74, 6) is 4.46. The number of carbonyl (C=O) groups is 1. The molecule has 9 heavy (non-hydrogen) atoms. The van der Waals surface area contributed by atoms with Gasteiger partial charge < -0.3 is 5.11 Å². The Labute approximate surface area is 58.8 Å². The quantitative estimate of drug-likeness (QED) is 0.137. The molecule has 1 atom stereocenters. The van der Waals surface area contributed by atoms with Crippen LogP contribution in [0.4, 0.5) is 0 Å². The second-order valence-electron chi connectivity index (χ2n) is 1.59. The van der Waals surface area contributed by atoms with Gasteiger partial charge in [-0.3, -0.25) is 10.2 Å². The summed E-state index contributed by atoms with van der Waals surface area (Å²) in [5, 5.41) is 8.54. The van der Waals surface area contributed by atoms with Crippen molar-refractivity contribution in [2.24, 2.45) is 5.84 Å². The number of hydrogen-bond donors (Lipinski definition) is 4. The van der Waals surface area contributed by atoms with Crippen molar-refractivity contribution in [1.29, 1.82) is 0 Å². The highest BCUT2D eigenvalue weighted by Crippen LogP contribution is 1.98. The van der Waals surface area contributed by atoms with Crippen LogP contribution in [0.25, 0.3) is 0 Å². The van der Waals surface area contributed by atoms with Gasteiger partial charge in [0.15, 0.2) is 0 Å². The standard InChI is InChI=1S/C4H10N2O2S/c5-6-3(7)1-2-4(8)9/h4,8-9H,1-2,5H2,(H,6,7). The van der Waals surface area contributed by atoms with Crippen molar-refractivity contribution in [2.45, 2.75) is 18.3 Å². The highest BCUT2D eigenvalue weighted by Gasteiger charge is 2.00. The third kappa shape index (κ3) is 5.61. The molecule has 0 aliphatic rings. The molecule has 0 radical (unpaired) electrons. The SMILES string of the molecule is NNC(=O)CCC(O)S. The van der Waals surface area contributed by atoms with E-state index in [2.05, 4.69) is 12.6 Å². The number of aliphatic hydroxyl groups excluding tert-OH is 1. The highest BCUT2D eigenvalue weighted by atomic mass is 32.1. The van der Waals surface area contributed by atoms with Gasteiger partial charge in [0.05, 0.1) is 5.44 Å². The van der Waals surface area contributed by atoms with Crippen LogP contribution in [0.3, 0.4) is 0 Å². The first-order chi connectivity index (χ1) is 4.16. The Morgan fingerprint density at radius 1 is 1.89 bits per heavy atom. The Balaban J connectivity index is 3.17. The molecule has 4 N–H and O–H groups in total. The molecule has 4 nitrogen and oxygen atoms in total. The molecule has 0 rings (SSSR count). The summed E-state index contributed by atoms with van der Waals surface area (Å²) in [6.45, 7) is 0. The lowest BCUT2D eigenvalue weighted by Crippen LogP contribution is -2.30. The van der Waals surface area contributed by atoms with Crippen molar-refractivity contribution in [2.75, 3.05) is 0 Å². The van der Waals surface area contributed by atoms with Crippen LogP contribution in [0.5, 0.6) is 0 Å². The Morgan fingerprint density at radius 3 is 2.78 bits per heavy atom. The van der Waals surface area contributed by atoms with Crippen LogP contribution in [-0.4, -0.2) is 16.4 Å². The van der Waals surface area contributed by atoms with Crippen molar-refractivity contribution < 1.29 is 9.90 Å². The number of amides is 1. The molecule has 0 saturated heterocycles. The van der Waals surface area contributed by atoms with Crippen molar-refractivity contribution in [1.82, 2.24) is 5.43 Å². The molecule has 1 amide bonds. The molecule has 0 heterocycles. The van der Waals surface area contributed by atoms with Gasteiger partial charge in [0.25, 0.3) is 0 Å². The van der Waals surface area contributed by atoms with E-state index in [9.17, 15) is 4.79 Å². The summed E-state index contributed by atoms with van der Waals surface area (Å²) >= 11 is 3.65. The molecule has 0 aromatic rings. The summed E-state index contributed by atoms with van der Waals surface area (Å²) < 4.78 is 0. The number of hydrazine groups is 1. The first kappa shape index (κ1) is 8.74. The molecule has 0 fully saturated rings. The van der Waals surface area contributed by atoms with E-state index in [1.807, 2.05) is 5.43 Å². The van der Waals surface area contributed by atoms with E-state index in [4.69, 9.17) is 10.9 Å². The minimum Gasteiger partial charge on any atom is -0.383 e. The van der Waals surface area contributed by atoms with Gasteiger partial charge in [0.1, 0.15) is 0 Å². The van der Waals surface area contributed by atoms with Crippen LogP contribution >= 0.6 is 12.6 Å². The molecule has 0 aromatic heterocycles. The Kier molecular flexibility index (Phi) is 4.47. The Hall–Kier alpha value is -0.260. The van der Waals surface area contributed by atoms with Crippen molar-refractivity contribution in [3.05, 3.63) is 0 Å². The normalized spacial score (nSPS) is 12.8. The molecule has 0 spiro atoms. The minimum absolute atomic E-state index is 0.209. The number of aliphatic hydroxyl groups is 1. The first-order valence-electron chi connectivity index (χ1n) is 2.52. The predicted octanol–water partition coefficient (Wildman–Crippen LogP) is -0.995. The fraction of sp³-hybridized carbons (Fsp3) is 0.750. The fourth-order valence-corrected chi connectivity index (χ4v) is 0.461. The van der Waals surface area contributed by atoms with E-state index < -0.39 is 5.44 Å². The van der Waals surface area contributed by atoms with Gasteiger partial charge in [-0.1, -0.05) is 0 Å².